The minimum atomic E-state index is -1.31. The van der Waals surface area contributed by atoms with E-state index in [9.17, 15) is 29.4 Å². The summed E-state index contributed by atoms with van der Waals surface area (Å²) in [4.78, 5) is 52.7. The maximum atomic E-state index is 13.3. The summed E-state index contributed by atoms with van der Waals surface area (Å²) in [5.41, 5.74) is 0.479. The number of likely N-dealkylation sites (N-methyl/N-ethyl adjacent to an activating group) is 1. The molecular weight excluding hydrogens is 582 g/mol. The van der Waals surface area contributed by atoms with Gasteiger partial charge in [-0.1, -0.05) is 38.3 Å². The number of unbranched alkanes of at least 4 members (excludes halogenated alkanes) is 2. The van der Waals surface area contributed by atoms with Crippen LogP contribution >= 0.6 is 0 Å². The lowest BCUT2D eigenvalue weighted by Gasteiger charge is -2.61. The molecule has 0 radical (unpaired) electrons. The summed E-state index contributed by atoms with van der Waals surface area (Å²) in [6, 6.07) is 1.78. The molecule has 0 unspecified atom stereocenters. The van der Waals surface area contributed by atoms with Gasteiger partial charge < -0.3 is 40.0 Å². The molecule has 0 aromatic heterocycles. The molecule has 7 atom stereocenters. The van der Waals surface area contributed by atoms with Crippen molar-refractivity contribution in [2.45, 2.75) is 121 Å². The molecule has 2 amide bonds. The molecule has 4 N–H and O–H groups in total. The highest BCUT2D eigenvalue weighted by atomic mass is 16.6. The van der Waals surface area contributed by atoms with E-state index in [0.29, 0.717) is 37.1 Å². The van der Waals surface area contributed by atoms with Crippen LogP contribution in [0.15, 0.2) is 24.0 Å². The van der Waals surface area contributed by atoms with Gasteiger partial charge in [-0.05, 0) is 58.3 Å². The molecule has 45 heavy (non-hydrogen) atoms. The number of carbonyl (C=O) groups excluding carboxylic acids is 4. The van der Waals surface area contributed by atoms with Crippen molar-refractivity contribution in [1.82, 2.24) is 15.5 Å². The smallest absolute Gasteiger partial charge is 0.352 e. The standard InChI is InChI=1S/C33H45N3O9/c1-6-7-8-9-23(35-20(4)38)29(39)34-18(2)30(40)43-19(3)31(41)44-24-12-13-33(42)25-16-21-10-11-22(17-37)27-26(21)32(33,28(24)45-27)14-15-36(25)5/h10-12,18-19,23,25,28,37,42H,6-9,13-17H2,1-5H3,(H,34,39)(H,35,38)/t18-,19-,23-,25+,28-,32-,33+/m0/s1. The van der Waals surface area contributed by atoms with Gasteiger partial charge in [-0.25, -0.2) is 9.59 Å². The number of nitrogens with zero attached hydrogens (tertiary/aromatic N) is 1. The third-order valence-electron chi connectivity index (χ3n) is 9.97. The zero-order chi connectivity index (χ0) is 32.7. The molecule has 4 aliphatic rings. The molecule has 1 saturated heterocycles. The van der Waals surface area contributed by atoms with E-state index in [1.807, 2.05) is 26.1 Å². The lowest BCUT2D eigenvalue weighted by atomic mass is 9.50. The second-order valence-corrected chi connectivity index (χ2v) is 12.9. The first-order chi connectivity index (χ1) is 21.4. The summed E-state index contributed by atoms with van der Waals surface area (Å²) >= 11 is 0. The van der Waals surface area contributed by atoms with E-state index in [1.54, 1.807) is 6.08 Å². The Kier molecular flexibility index (Phi) is 9.30. The van der Waals surface area contributed by atoms with Gasteiger partial charge in [0.1, 0.15) is 23.6 Å². The van der Waals surface area contributed by atoms with Crippen LogP contribution in [0.2, 0.25) is 0 Å². The zero-order valence-electron chi connectivity index (χ0n) is 26.7. The highest BCUT2D eigenvalue weighted by molar-refractivity contribution is 5.90. The number of carbonyl (C=O) groups is 4. The lowest BCUT2D eigenvalue weighted by Crippen LogP contribution is -2.74. The van der Waals surface area contributed by atoms with Crippen LogP contribution < -0.4 is 15.4 Å². The topological polar surface area (TPSA) is 164 Å². The fourth-order valence-electron chi connectivity index (χ4n) is 7.64. The van der Waals surface area contributed by atoms with Crippen LogP contribution in [0, 0.1) is 0 Å². The number of hydrogen-bond donors (Lipinski definition) is 4. The molecule has 2 aliphatic carbocycles. The van der Waals surface area contributed by atoms with Crippen molar-refractivity contribution < 1.29 is 43.6 Å². The first-order valence-corrected chi connectivity index (χ1v) is 15.9. The Morgan fingerprint density at radius 1 is 1.16 bits per heavy atom. The number of aliphatic hydroxyl groups excluding tert-OH is 1. The van der Waals surface area contributed by atoms with E-state index in [4.69, 9.17) is 14.2 Å². The molecule has 1 spiro atoms. The van der Waals surface area contributed by atoms with E-state index in [1.165, 1.54) is 20.8 Å². The Bertz CT molecular complexity index is 1400. The number of esters is 2. The van der Waals surface area contributed by atoms with Crippen LogP contribution in [0.4, 0.5) is 0 Å². The summed E-state index contributed by atoms with van der Waals surface area (Å²) in [6.07, 6.45) is 4.01. The largest absolute Gasteiger partial charge is 0.481 e. The summed E-state index contributed by atoms with van der Waals surface area (Å²) in [6.45, 7) is 6.65. The average molecular weight is 628 g/mol. The van der Waals surface area contributed by atoms with Crippen LogP contribution in [0.3, 0.4) is 0 Å². The van der Waals surface area contributed by atoms with Crippen molar-refractivity contribution in [2.75, 3.05) is 13.6 Å². The van der Waals surface area contributed by atoms with Crippen molar-refractivity contribution in [3.8, 4) is 5.75 Å². The Balaban J connectivity index is 1.28. The Hall–Kier alpha value is -3.48. The van der Waals surface area contributed by atoms with Crippen molar-refractivity contribution >= 4 is 23.8 Å². The van der Waals surface area contributed by atoms with E-state index in [0.717, 1.165) is 30.4 Å². The fraction of sp³-hybridized carbons (Fsp3) is 0.636. The Labute approximate surface area is 263 Å². The summed E-state index contributed by atoms with van der Waals surface area (Å²) < 4.78 is 17.7. The Morgan fingerprint density at radius 3 is 2.60 bits per heavy atom. The maximum Gasteiger partial charge on any atom is 0.352 e. The van der Waals surface area contributed by atoms with Gasteiger partial charge in [-0.3, -0.25) is 9.59 Å². The molecule has 2 heterocycles. The van der Waals surface area contributed by atoms with Gasteiger partial charge in [0, 0.05) is 30.5 Å². The summed E-state index contributed by atoms with van der Waals surface area (Å²) in [5.74, 6) is -1.76. The van der Waals surface area contributed by atoms with Gasteiger partial charge in [0.2, 0.25) is 11.8 Å². The van der Waals surface area contributed by atoms with Gasteiger partial charge in [-0.2, -0.15) is 0 Å². The Morgan fingerprint density at radius 2 is 1.91 bits per heavy atom. The third kappa shape index (κ3) is 5.61. The predicted octanol–water partition coefficient (Wildman–Crippen LogP) is 1.52. The number of amides is 2. The SMILES string of the molecule is CCCCC[C@H](NC(C)=O)C(=O)N[C@@H](C)C(=O)O[C@@H](C)C(=O)OC1=CC[C@@]2(O)[C@H]3Cc4ccc(CO)c5c4[C@@]2(CCN3C)[C@H]1O5. The highest BCUT2D eigenvalue weighted by Gasteiger charge is 2.72. The van der Waals surface area contributed by atoms with Crippen molar-refractivity contribution in [2.24, 2.45) is 0 Å². The van der Waals surface area contributed by atoms with Gasteiger partial charge in [-0.15, -0.1) is 0 Å². The van der Waals surface area contributed by atoms with Crippen LogP contribution in [0.5, 0.6) is 5.75 Å². The molecule has 12 nitrogen and oxygen atoms in total. The first-order valence-electron chi connectivity index (χ1n) is 15.9. The predicted molar refractivity (Wildman–Crippen MR) is 162 cm³/mol. The van der Waals surface area contributed by atoms with Crippen LogP contribution in [0.25, 0.3) is 0 Å². The van der Waals surface area contributed by atoms with Crippen LogP contribution in [-0.2, 0) is 47.1 Å². The number of piperidine rings is 1. The minimum Gasteiger partial charge on any atom is -0.481 e. The molecule has 2 aliphatic heterocycles. The van der Waals surface area contributed by atoms with Gasteiger partial charge >= 0.3 is 11.9 Å². The number of likely N-dealkylation sites (tertiary alicyclic amines) is 1. The second kappa shape index (κ2) is 12.7. The van der Waals surface area contributed by atoms with Crippen molar-refractivity contribution in [3.05, 3.63) is 40.7 Å². The first kappa shape index (κ1) is 32.9. The van der Waals surface area contributed by atoms with Crippen molar-refractivity contribution in [3.63, 3.8) is 0 Å². The van der Waals surface area contributed by atoms with Gasteiger partial charge in [0.25, 0.3) is 0 Å². The molecule has 1 fully saturated rings. The lowest BCUT2D eigenvalue weighted by molar-refractivity contribution is -0.176. The summed E-state index contributed by atoms with van der Waals surface area (Å²) in [7, 11) is 2.00. The number of nitrogens with one attached hydrogen (secondary N) is 2. The second-order valence-electron chi connectivity index (χ2n) is 12.9. The molecule has 0 saturated carbocycles. The fourth-order valence-corrected chi connectivity index (χ4v) is 7.64. The van der Waals surface area contributed by atoms with E-state index >= 15 is 0 Å². The average Bonchev–Trinajstić information content (AvgIpc) is 3.35. The van der Waals surface area contributed by atoms with Crippen molar-refractivity contribution in [1.29, 1.82) is 0 Å². The summed E-state index contributed by atoms with van der Waals surface area (Å²) in [5, 5.41) is 27.6. The zero-order valence-corrected chi connectivity index (χ0v) is 26.7. The van der Waals surface area contributed by atoms with Crippen LogP contribution in [-0.4, -0.2) is 88.4 Å². The number of aliphatic hydroxyl groups is 2. The normalized spacial score (nSPS) is 28.0. The monoisotopic (exact) mass is 627 g/mol. The van der Waals surface area contributed by atoms with Gasteiger partial charge in [0.15, 0.2) is 12.2 Å². The molecule has 2 bridgehead atoms. The van der Waals surface area contributed by atoms with Crippen LogP contribution in [0.1, 0.15) is 82.9 Å². The van der Waals surface area contributed by atoms with Gasteiger partial charge in [0.05, 0.1) is 17.6 Å². The molecule has 1 aromatic rings. The minimum absolute atomic E-state index is 0.169. The van der Waals surface area contributed by atoms with E-state index in [2.05, 4.69) is 15.5 Å². The van der Waals surface area contributed by atoms with E-state index in [-0.39, 0.29) is 30.7 Å². The third-order valence-corrected chi connectivity index (χ3v) is 9.97. The van der Waals surface area contributed by atoms with E-state index < -0.39 is 53.2 Å². The maximum absolute atomic E-state index is 13.3. The number of ether oxygens (including phenoxy) is 3. The molecule has 246 valence electrons. The number of rotatable bonds is 12. The molecule has 1 aromatic carbocycles. The number of hydrogen-bond acceptors (Lipinski definition) is 10. The molecular formula is C33H45N3O9. The molecule has 12 heteroatoms. The number of benzene rings is 1. The quantitative estimate of drug-likeness (QED) is 0.197. The molecule has 5 rings (SSSR count). The highest BCUT2D eigenvalue weighted by Crippen LogP contribution is 2.64.